The standard InChI is InChI=1S/C35H38F3N7O2.C35H36F3N7O2.CH4O.B.Na.H/c2*1-22-3-4-24(34(47)42-27-8-7-25(30(18-27)35(36,37)38)19-44-15-13-43(2)14-16-44)17-23(22)5-6-26-20-45(28-9-11-29(46)12-10-28)33-31(26)32(39)40-21-41-33;1-2;;;/h3-4,7-8,17-18,20-21,28-29,46H,9-16,19H2,1-2H3,(H,42,47)(H2,39,40,41);3-4,7-8,17-18,20-21,28H,9-16,19H2,1-2H3,(H,42,47)(H2,39,40,41);2H,1H3;;;/q;;;;+1;-1. The number of amides is 2. The van der Waals surface area contributed by atoms with Crippen molar-refractivity contribution in [2.75, 3.05) is 95.7 Å². The molecule has 2 saturated heterocycles. The van der Waals surface area contributed by atoms with Gasteiger partial charge in [0.15, 0.2) is 0 Å². The molecule has 0 unspecified atom stereocenters. The number of ketones is 1. The number of nitrogens with two attached hydrogens (primary N) is 2. The largest absolute Gasteiger partial charge is 1.00 e. The van der Waals surface area contributed by atoms with Crippen molar-refractivity contribution in [3.8, 4) is 23.7 Å². The van der Waals surface area contributed by atoms with Crippen molar-refractivity contribution in [2.45, 2.75) is 109 Å². The van der Waals surface area contributed by atoms with Gasteiger partial charge >= 0.3 is 41.9 Å². The van der Waals surface area contributed by atoms with Gasteiger partial charge in [-0.05, 0) is 137 Å². The Kier molecular flexibility index (Phi) is 25.6. The summed E-state index contributed by atoms with van der Waals surface area (Å²) in [5.74, 6) is 12.4. The molecule has 3 radical (unpaired) electrons. The van der Waals surface area contributed by atoms with Crippen LogP contribution in [0.3, 0.4) is 0 Å². The van der Waals surface area contributed by atoms with Crippen molar-refractivity contribution in [3.63, 3.8) is 0 Å². The number of fused-ring (bicyclic) bond motifs is 2. The molecule has 0 spiro atoms. The molecule has 2 aliphatic carbocycles. The minimum atomic E-state index is -4.57. The number of anilines is 4. The molecule has 4 aromatic carbocycles. The summed E-state index contributed by atoms with van der Waals surface area (Å²) in [6.07, 6.45) is 2.68. The molecule has 4 fully saturated rings. The summed E-state index contributed by atoms with van der Waals surface area (Å²) in [6, 6.07) is 18.2. The number of carbonyl (C=O) groups is 3. The summed E-state index contributed by atoms with van der Waals surface area (Å²) in [5.41, 5.74) is 17.4. The van der Waals surface area contributed by atoms with Gasteiger partial charge in [-0.15, -0.1) is 0 Å². The van der Waals surface area contributed by atoms with Crippen LogP contribution in [-0.2, 0) is 30.2 Å². The van der Waals surface area contributed by atoms with E-state index in [1.165, 1.54) is 36.9 Å². The van der Waals surface area contributed by atoms with E-state index < -0.39 is 35.3 Å². The zero-order valence-electron chi connectivity index (χ0n) is 56.8. The summed E-state index contributed by atoms with van der Waals surface area (Å²) in [6.45, 7) is 10.1. The minimum Gasteiger partial charge on any atom is -1.00 e. The molecular formula is C71H79BF6N14NaO5. The van der Waals surface area contributed by atoms with Gasteiger partial charge in [-0.25, -0.2) is 19.9 Å². The first kappa shape index (κ1) is 75.6. The van der Waals surface area contributed by atoms with Crippen LogP contribution in [0.2, 0.25) is 0 Å². The molecule has 4 aliphatic rings. The van der Waals surface area contributed by atoms with Crippen LogP contribution in [0.1, 0.15) is 141 Å². The first-order valence-electron chi connectivity index (χ1n) is 31.9. The van der Waals surface area contributed by atoms with Crippen LogP contribution in [-0.4, -0.2) is 165 Å². The van der Waals surface area contributed by atoms with Crippen molar-refractivity contribution in [1.82, 2.24) is 48.7 Å². The van der Waals surface area contributed by atoms with Crippen LogP contribution < -0.4 is 51.7 Å². The van der Waals surface area contributed by atoms with E-state index in [1.54, 1.807) is 36.4 Å². The van der Waals surface area contributed by atoms with E-state index in [-0.39, 0.29) is 110 Å². The Hall–Kier alpha value is -8.15. The molecule has 2 aliphatic heterocycles. The van der Waals surface area contributed by atoms with E-state index in [2.05, 4.69) is 68.6 Å². The molecule has 0 bridgehead atoms. The van der Waals surface area contributed by atoms with Crippen LogP contribution in [0, 0.1) is 37.5 Å². The van der Waals surface area contributed by atoms with Crippen LogP contribution in [0.5, 0.6) is 0 Å². The molecule has 2 saturated carbocycles. The Morgan fingerprint density at radius 3 is 1.33 bits per heavy atom. The third-order valence-electron chi connectivity index (χ3n) is 18.2. The topological polar surface area (TPSA) is 242 Å². The van der Waals surface area contributed by atoms with E-state index >= 15 is 0 Å². The van der Waals surface area contributed by atoms with Crippen LogP contribution in [0.15, 0.2) is 97.8 Å². The Balaban J connectivity index is 0.000000264. The number of hydrogen-bond donors (Lipinski definition) is 6. The number of rotatable bonds is 10. The molecule has 27 heteroatoms. The number of hydrogen-bond acceptors (Lipinski definition) is 15. The van der Waals surface area contributed by atoms with Crippen LogP contribution in [0.25, 0.3) is 22.1 Å². The number of alkyl halides is 6. The molecule has 6 heterocycles. The molecule has 509 valence electrons. The van der Waals surface area contributed by atoms with Gasteiger partial charge in [0.2, 0.25) is 0 Å². The fourth-order valence-electron chi connectivity index (χ4n) is 12.6. The monoisotopic (exact) mass is 1360 g/mol. The number of halogens is 6. The van der Waals surface area contributed by atoms with E-state index in [0.717, 1.165) is 69.4 Å². The number of aromatic nitrogens is 6. The van der Waals surface area contributed by atoms with Gasteiger partial charge in [-0.3, -0.25) is 24.2 Å². The average Bonchev–Trinajstić information content (AvgIpc) is 1.63. The summed E-state index contributed by atoms with van der Waals surface area (Å²) in [5, 5.41) is 23.5. The van der Waals surface area contributed by atoms with E-state index in [4.69, 9.17) is 16.6 Å². The van der Waals surface area contributed by atoms with Crippen LogP contribution in [0.4, 0.5) is 49.4 Å². The molecule has 98 heavy (non-hydrogen) atoms. The number of benzene rings is 4. The Morgan fingerprint density at radius 1 is 0.561 bits per heavy atom. The second-order valence-corrected chi connectivity index (χ2v) is 24.9. The van der Waals surface area contributed by atoms with Gasteiger partial charge in [-0.2, -0.15) is 26.3 Å². The Morgan fingerprint density at radius 2 is 0.939 bits per heavy atom. The first-order chi connectivity index (χ1) is 45.9. The van der Waals surface area contributed by atoms with Crippen molar-refractivity contribution in [1.29, 1.82) is 0 Å². The van der Waals surface area contributed by atoms with Crippen molar-refractivity contribution in [3.05, 3.63) is 165 Å². The second kappa shape index (κ2) is 33.1. The number of aliphatic hydroxyl groups excluding tert-OH is 2. The van der Waals surface area contributed by atoms with Gasteiger partial charge in [-0.1, -0.05) is 47.9 Å². The number of Topliss-reactive ketones (excluding diaryl/α,β-unsaturated/α-hetero) is 1. The number of carbonyl (C=O) groups excluding carboxylic acids is 3. The maximum atomic E-state index is 14.1. The predicted octanol–water partition coefficient (Wildman–Crippen LogP) is 6.98. The quantitative estimate of drug-likeness (QED) is 0.0460. The second-order valence-electron chi connectivity index (χ2n) is 24.9. The van der Waals surface area contributed by atoms with Crippen molar-refractivity contribution < 1.29 is 81.9 Å². The fraction of sp³-hybridized carbons (Fsp3) is 0.394. The molecule has 19 nitrogen and oxygen atoms in total. The molecule has 2 amide bonds. The van der Waals surface area contributed by atoms with Crippen LogP contribution >= 0.6 is 0 Å². The summed E-state index contributed by atoms with van der Waals surface area (Å²) < 4.78 is 88.6. The Labute approximate surface area is 591 Å². The van der Waals surface area contributed by atoms with Gasteiger partial charge in [0.25, 0.3) is 11.8 Å². The van der Waals surface area contributed by atoms with Gasteiger partial charge in [0, 0.05) is 152 Å². The van der Waals surface area contributed by atoms with E-state index in [9.17, 15) is 45.8 Å². The Bertz CT molecular complexity index is 4310. The maximum absolute atomic E-state index is 14.1. The number of nitrogen functional groups attached to an aromatic ring is 2. The maximum Gasteiger partial charge on any atom is 1.00 e. The number of nitrogens with zero attached hydrogens (tertiary/aromatic N) is 10. The molecule has 8 aromatic rings. The number of aryl methyl sites for hydroxylation is 2. The normalized spacial score (nSPS) is 17.3. The average molecular weight is 1360 g/mol. The summed E-state index contributed by atoms with van der Waals surface area (Å²) in [4.78, 5) is 63.9. The first-order valence-corrected chi connectivity index (χ1v) is 31.9. The minimum absolute atomic E-state index is 0. The van der Waals surface area contributed by atoms with Gasteiger partial charge in [0.1, 0.15) is 41.4 Å². The third-order valence-corrected chi connectivity index (χ3v) is 18.2. The zero-order valence-corrected chi connectivity index (χ0v) is 57.8. The number of nitrogens with one attached hydrogen (secondary N) is 2. The summed E-state index contributed by atoms with van der Waals surface area (Å²) in [7, 11) is 4.99. The van der Waals surface area contributed by atoms with Crippen molar-refractivity contribution in [2.24, 2.45) is 0 Å². The number of likely N-dealkylation sites (N-methyl/N-ethyl adjacent to an activating group) is 2. The molecule has 12 rings (SSSR count). The third kappa shape index (κ3) is 18.4. The van der Waals surface area contributed by atoms with Gasteiger partial charge in [0.05, 0.1) is 39.1 Å². The summed E-state index contributed by atoms with van der Waals surface area (Å²) >= 11 is 0. The number of piperazine rings is 2. The van der Waals surface area contributed by atoms with Gasteiger partial charge < -0.3 is 52.7 Å². The molecule has 4 aromatic heterocycles. The van der Waals surface area contributed by atoms with E-state index in [0.29, 0.717) is 121 Å². The van der Waals surface area contributed by atoms with E-state index in [1.807, 2.05) is 54.7 Å². The zero-order chi connectivity index (χ0) is 68.6. The predicted molar refractivity (Wildman–Crippen MR) is 364 cm³/mol. The molecule has 0 atom stereocenters. The smallest absolute Gasteiger partial charge is 1.00 e. The fourth-order valence-corrected chi connectivity index (χ4v) is 12.6. The molecular weight excluding hydrogens is 1280 g/mol. The SMILES string of the molecule is CO.Cc1ccc(C(=O)Nc2ccc(CN3CCN(C)CC3)c(C(F)(F)F)c2)cc1C#Cc1cn(C2CCC(=O)CC2)c2ncnc(N)c12.Cc1ccc(C(=O)Nc2ccc(CN3CCN(C)CC3)c(C(F)(F)F)c2)cc1C#Cc1cn(C2CCC(O)CC2)c2ncnc(N)c12.[B].[H-].[Na+]. The number of aliphatic hydroxyl groups is 2. The van der Waals surface area contributed by atoms with Crippen molar-refractivity contribution >= 4 is 71.1 Å². The molecule has 8 N–H and O–H groups in total.